The van der Waals surface area contributed by atoms with Crippen molar-refractivity contribution in [2.24, 2.45) is 0 Å². The predicted octanol–water partition coefficient (Wildman–Crippen LogP) is 5.56. The highest BCUT2D eigenvalue weighted by Crippen LogP contribution is 2.28. The van der Waals surface area contributed by atoms with Crippen LogP contribution in [0.25, 0.3) is 11.4 Å². The number of carbonyl (C=O) groups excluding carboxylic acids is 1. The Morgan fingerprint density at radius 1 is 1.06 bits per heavy atom. The number of pyridine rings is 2. The molecule has 0 spiro atoms. The molecule has 3 heterocycles. The highest BCUT2D eigenvalue weighted by Gasteiger charge is 2.21. The molecule has 0 saturated carbocycles. The van der Waals surface area contributed by atoms with Gasteiger partial charge in [-0.05, 0) is 55.3 Å². The summed E-state index contributed by atoms with van der Waals surface area (Å²) in [6, 6.07) is 17.6. The van der Waals surface area contributed by atoms with E-state index in [9.17, 15) is 4.79 Å². The molecule has 1 N–H and O–H groups in total. The van der Waals surface area contributed by atoms with Gasteiger partial charge >= 0.3 is 0 Å². The van der Waals surface area contributed by atoms with E-state index in [1.807, 2.05) is 55.5 Å². The first-order valence-corrected chi connectivity index (χ1v) is 12.9. The maximum atomic E-state index is 12.9. The zero-order valence-corrected chi connectivity index (χ0v) is 20.7. The van der Waals surface area contributed by atoms with Gasteiger partial charge in [0.15, 0.2) is 11.0 Å². The number of anilines is 1. The van der Waals surface area contributed by atoms with Crippen molar-refractivity contribution in [3.8, 4) is 11.4 Å². The van der Waals surface area contributed by atoms with Crippen LogP contribution in [0.3, 0.4) is 0 Å². The van der Waals surface area contributed by atoms with E-state index in [-0.39, 0.29) is 11.2 Å². The predicted molar refractivity (Wildman–Crippen MR) is 138 cm³/mol. The number of amides is 1. The van der Waals surface area contributed by atoms with Crippen LogP contribution in [0.15, 0.2) is 83.4 Å². The summed E-state index contributed by atoms with van der Waals surface area (Å²) in [5, 5.41) is 13.2. The van der Waals surface area contributed by atoms with Gasteiger partial charge in [-0.1, -0.05) is 36.9 Å². The summed E-state index contributed by atoms with van der Waals surface area (Å²) in [7, 11) is 0. The van der Waals surface area contributed by atoms with Crippen molar-refractivity contribution in [3.05, 3.63) is 78.8 Å². The van der Waals surface area contributed by atoms with Crippen LogP contribution in [0, 0.1) is 0 Å². The lowest BCUT2D eigenvalue weighted by Gasteiger charge is -2.14. The average molecular weight is 491 g/mol. The summed E-state index contributed by atoms with van der Waals surface area (Å²) in [6.45, 7) is 4.77. The fraction of sp³-hybridized carbons (Fsp3) is 0.240. The third-order valence-electron chi connectivity index (χ3n) is 4.97. The number of hydrogen-bond acceptors (Lipinski definition) is 7. The van der Waals surface area contributed by atoms with Crippen LogP contribution in [0.1, 0.15) is 25.8 Å². The molecule has 4 rings (SSSR count). The fourth-order valence-electron chi connectivity index (χ4n) is 3.30. The van der Waals surface area contributed by atoms with Crippen molar-refractivity contribution in [2.75, 3.05) is 5.32 Å². The van der Waals surface area contributed by atoms with Crippen LogP contribution >= 0.6 is 23.5 Å². The zero-order valence-electron chi connectivity index (χ0n) is 19.1. The summed E-state index contributed by atoms with van der Waals surface area (Å²) in [6.07, 6.45) is 6.21. The number of nitrogens with zero attached hydrogens (tertiary/aromatic N) is 5. The molecule has 1 aromatic carbocycles. The van der Waals surface area contributed by atoms with Gasteiger partial charge in [-0.25, -0.2) is 4.98 Å². The van der Waals surface area contributed by atoms with Gasteiger partial charge in [-0.2, -0.15) is 0 Å². The van der Waals surface area contributed by atoms with E-state index in [2.05, 4.69) is 43.0 Å². The van der Waals surface area contributed by atoms with Crippen LogP contribution in [0.5, 0.6) is 0 Å². The first-order chi connectivity index (χ1) is 16.6. The Balaban J connectivity index is 1.40. The molecule has 0 aliphatic carbocycles. The standard InChI is InChI=1S/C25H26N6OS2/c1-3-15-31-23(20-10-13-26-14-11-20)29-30-25(31)34-18(2)24(32)28-21-8-6-7-19(16-21)17-33-22-9-4-5-12-27-22/h4-14,16,18H,3,15,17H2,1-2H3,(H,28,32)/t18-/m0/s1. The normalized spacial score (nSPS) is 11.8. The van der Waals surface area contributed by atoms with Gasteiger partial charge < -0.3 is 9.88 Å². The summed E-state index contributed by atoms with van der Waals surface area (Å²) in [5.74, 6) is 1.50. The number of carbonyl (C=O) groups is 1. The van der Waals surface area contributed by atoms with Crippen molar-refractivity contribution in [2.45, 2.75) is 48.0 Å². The van der Waals surface area contributed by atoms with Crippen LogP contribution in [-0.4, -0.2) is 35.9 Å². The molecule has 3 aromatic heterocycles. The smallest absolute Gasteiger partial charge is 0.237 e. The van der Waals surface area contributed by atoms with Crippen molar-refractivity contribution in [3.63, 3.8) is 0 Å². The lowest BCUT2D eigenvalue weighted by Crippen LogP contribution is -2.23. The van der Waals surface area contributed by atoms with Crippen molar-refractivity contribution >= 4 is 35.1 Å². The maximum absolute atomic E-state index is 12.9. The molecule has 0 fully saturated rings. The van der Waals surface area contributed by atoms with Gasteiger partial charge in [0.2, 0.25) is 5.91 Å². The largest absolute Gasteiger partial charge is 0.325 e. The average Bonchev–Trinajstić information content (AvgIpc) is 3.26. The van der Waals surface area contributed by atoms with E-state index in [1.54, 1.807) is 30.4 Å². The Kier molecular flexibility index (Phi) is 8.32. The van der Waals surface area contributed by atoms with Crippen molar-refractivity contribution in [1.29, 1.82) is 0 Å². The minimum absolute atomic E-state index is 0.0731. The van der Waals surface area contributed by atoms with Gasteiger partial charge in [-0.3, -0.25) is 9.78 Å². The zero-order chi connectivity index (χ0) is 23.8. The summed E-state index contributed by atoms with van der Waals surface area (Å²) in [5.41, 5.74) is 2.86. The van der Waals surface area contributed by atoms with E-state index < -0.39 is 0 Å². The molecule has 0 bridgehead atoms. The van der Waals surface area contributed by atoms with Crippen LogP contribution in [-0.2, 0) is 17.1 Å². The van der Waals surface area contributed by atoms with Crippen LogP contribution in [0.4, 0.5) is 5.69 Å². The number of hydrogen-bond donors (Lipinski definition) is 1. The van der Waals surface area contributed by atoms with Gasteiger partial charge in [0.1, 0.15) is 0 Å². The Hall–Kier alpha value is -3.17. The highest BCUT2D eigenvalue weighted by molar-refractivity contribution is 8.00. The van der Waals surface area contributed by atoms with E-state index >= 15 is 0 Å². The Morgan fingerprint density at radius 2 is 1.91 bits per heavy atom. The first kappa shape index (κ1) is 24.0. The highest BCUT2D eigenvalue weighted by atomic mass is 32.2. The SMILES string of the molecule is CCCn1c(S[C@@H](C)C(=O)Nc2cccc(CSc3ccccn3)c2)nnc1-c1ccncc1. The van der Waals surface area contributed by atoms with Gasteiger partial charge in [0.05, 0.1) is 10.3 Å². The minimum atomic E-state index is -0.336. The fourth-order valence-corrected chi connectivity index (χ4v) is 4.98. The number of rotatable bonds is 10. The molecule has 174 valence electrons. The molecule has 0 aliphatic rings. The van der Waals surface area contributed by atoms with Gasteiger partial charge in [-0.15, -0.1) is 22.0 Å². The van der Waals surface area contributed by atoms with Gasteiger partial charge in [0, 0.05) is 42.1 Å². The number of benzene rings is 1. The van der Waals surface area contributed by atoms with Crippen LogP contribution in [0.2, 0.25) is 0 Å². The second-order valence-electron chi connectivity index (χ2n) is 7.60. The molecule has 0 radical (unpaired) electrons. The first-order valence-electron chi connectivity index (χ1n) is 11.1. The molecule has 4 aromatic rings. The molecule has 1 amide bonds. The molecule has 0 unspecified atom stereocenters. The lowest BCUT2D eigenvalue weighted by atomic mass is 10.2. The number of thioether (sulfide) groups is 2. The van der Waals surface area contributed by atoms with E-state index in [0.29, 0.717) is 0 Å². The second kappa shape index (κ2) is 11.8. The second-order valence-corrected chi connectivity index (χ2v) is 9.90. The summed E-state index contributed by atoms with van der Waals surface area (Å²) >= 11 is 3.08. The third kappa shape index (κ3) is 6.24. The monoisotopic (exact) mass is 490 g/mol. The maximum Gasteiger partial charge on any atom is 0.237 e. The number of aromatic nitrogens is 5. The van der Waals surface area contributed by atoms with E-state index in [1.165, 1.54) is 11.8 Å². The molecular formula is C25H26N6OS2. The number of nitrogens with one attached hydrogen (secondary N) is 1. The van der Waals surface area contributed by atoms with E-state index in [4.69, 9.17) is 0 Å². The molecule has 1 atom stereocenters. The van der Waals surface area contributed by atoms with Crippen molar-refractivity contribution < 1.29 is 4.79 Å². The Bertz CT molecular complexity index is 1220. The molecule has 34 heavy (non-hydrogen) atoms. The molecule has 0 aliphatic heterocycles. The lowest BCUT2D eigenvalue weighted by molar-refractivity contribution is -0.115. The Labute approximate surface area is 207 Å². The molecule has 7 nitrogen and oxygen atoms in total. The van der Waals surface area contributed by atoms with Crippen LogP contribution < -0.4 is 5.32 Å². The van der Waals surface area contributed by atoms with Crippen molar-refractivity contribution in [1.82, 2.24) is 24.7 Å². The third-order valence-corrected chi connectivity index (χ3v) is 7.07. The summed E-state index contributed by atoms with van der Waals surface area (Å²) in [4.78, 5) is 21.4. The van der Waals surface area contributed by atoms with E-state index in [0.717, 1.165) is 51.5 Å². The molecule has 0 saturated heterocycles. The topological polar surface area (TPSA) is 85.6 Å². The summed E-state index contributed by atoms with van der Waals surface area (Å²) < 4.78 is 2.07. The Morgan fingerprint density at radius 3 is 2.68 bits per heavy atom. The minimum Gasteiger partial charge on any atom is -0.325 e. The molecular weight excluding hydrogens is 464 g/mol. The van der Waals surface area contributed by atoms with Gasteiger partial charge in [0.25, 0.3) is 0 Å². The quantitative estimate of drug-likeness (QED) is 0.291. The molecule has 9 heteroatoms.